The molecule has 0 amide bonds. The molecule has 25 heavy (non-hydrogen) atoms. The number of hydrogen-bond acceptors (Lipinski definition) is 7. The van der Waals surface area contributed by atoms with Gasteiger partial charge in [-0.15, -0.1) is 5.11 Å². The van der Waals surface area contributed by atoms with Gasteiger partial charge < -0.3 is 9.84 Å². The topological polar surface area (TPSA) is 102 Å². The second-order valence-corrected chi connectivity index (χ2v) is 5.32. The number of ether oxygens (including phenoxy) is 1. The number of azo groups is 1. The monoisotopic (exact) mass is 337 g/mol. The molecule has 1 N–H and O–H groups in total. The summed E-state index contributed by atoms with van der Waals surface area (Å²) < 4.78 is 6.33. The molecule has 0 saturated carbocycles. The normalized spacial score (nSPS) is 11.0. The minimum Gasteiger partial charge on any atom is -0.507 e. The van der Waals surface area contributed by atoms with Crippen molar-refractivity contribution in [1.82, 2.24) is 14.5 Å². The lowest BCUT2D eigenvalue weighted by Crippen LogP contribution is -2.15. The third-order valence-corrected chi connectivity index (χ3v) is 3.39. The number of phenols is 1. The van der Waals surface area contributed by atoms with Gasteiger partial charge in [-0.2, -0.15) is 5.11 Å². The Morgan fingerprint density at radius 1 is 1.16 bits per heavy atom. The van der Waals surface area contributed by atoms with Gasteiger partial charge in [0.15, 0.2) is 0 Å². The third kappa shape index (κ3) is 3.86. The summed E-state index contributed by atoms with van der Waals surface area (Å²) in [5.74, 6) is 0.407. The molecule has 0 radical (unpaired) electrons. The van der Waals surface area contributed by atoms with Gasteiger partial charge in [0.2, 0.25) is 5.88 Å². The highest BCUT2D eigenvalue weighted by molar-refractivity contribution is 5.73. The van der Waals surface area contributed by atoms with Crippen molar-refractivity contribution in [2.75, 3.05) is 0 Å². The van der Waals surface area contributed by atoms with Crippen LogP contribution >= 0.6 is 0 Å². The van der Waals surface area contributed by atoms with E-state index in [2.05, 4.69) is 20.2 Å². The smallest absolute Gasteiger partial charge is 0.424 e. The van der Waals surface area contributed by atoms with Gasteiger partial charge in [-0.25, -0.2) is 14.8 Å². The van der Waals surface area contributed by atoms with E-state index in [1.807, 2.05) is 0 Å². The standard InChI is InChI=1S/C17H15N5O3/c1-11-7-14(8-12(2)16(11)23)21-20-13-4-6-22(9-13)17(24)25-15-3-5-18-10-19-15/h3-10,23H,1-2H3. The molecule has 1 aromatic carbocycles. The van der Waals surface area contributed by atoms with E-state index in [0.717, 1.165) is 11.1 Å². The number of carbonyl (C=O) groups excluding carboxylic acids is 1. The molecule has 8 nitrogen and oxygen atoms in total. The van der Waals surface area contributed by atoms with Crippen molar-refractivity contribution in [3.05, 3.63) is 60.3 Å². The number of rotatable bonds is 3. The van der Waals surface area contributed by atoms with Crippen molar-refractivity contribution in [3.63, 3.8) is 0 Å². The molecule has 0 aliphatic carbocycles. The number of aromatic nitrogens is 3. The first-order chi connectivity index (χ1) is 12.0. The maximum absolute atomic E-state index is 12.0. The Bertz CT molecular complexity index is 911. The molecule has 8 heteroatoms. The van der Waals surface area contributed by atoms with Crippen molar-refractivity contribution in [1.29, 1.82) is 0 Å². The molecule has 2 heterocycles. The molecule has 0 atom stereocenters. The Labute approximate surface area is 143 Å². The van der Waals surface area contributed by atoms with Gasteiger partial charge in [0.05, 0.1) is 5.69 Å². The third-order valence-electron chi connectivity index (χ3n) is 3.39. The fourth-order valence-electron chi connectivity index (χ4n) is 2.15. The van der Waals surface area contributed by atoms with Crippen LogP contribution in [0, 0.1) is 13.8 Å². The zero-order valence-corrected chi connectivity index (χ0v) is 13.6. The van der Waals surface area contributed by atoms with Crippen molar-refractivity contribution < 1.29 is 14.6 Å². The largest absolute Gasteiger partial charge is 0.507 e. The lowest BCUT2D eigenvalue weighted by Gasteiger charge is -2.03. The summed E-state index contributed by atoms with van der Waals surface area (Å²) in [4.78, 5) is 19.6. The second-order valence-electron chi connectivity index (χ2n) is 5.32. The molecule has 2 aromatic heterocycles. The Kier molecular flexibility index (Phi) is 4.51. The van der Waals surface area contributed by atoms with E-state index < -0.39 is 6.09 Å². The summed E-state index contributed by atoms with van der Waals surface area (Å²) in [7, 11) is 0. The van der Waals surface area contributed by atoms with Crippen LogP contribution in [-0.2, 0) is 0 Å². The highest BCUT2D eigenvalue weighted by Gasteiger charge is 2.09. The average molecular weight is 337 g/mol. The quantitative estimate of drug-likeness (QED) is 0.726. The van der Waals surface area contributed by atoms with Crippen molar-refractivity contribution in [2.24, 2.45) is 10.2 Å². The molecule has 0 bridgehead atoms. The molecular formula is C17H15N5O3. The summed E-state index contributed by atoms with van der Waals surface area (Å²) in [6, 6.07) is 6.57. The van der Waals surface area contributed by atoms with E-state index in [0.29, 0.717) is 11.4 Å². The van der Waals surface area contributed by atoms with Crippen LogP contribution in [-0.4, -0.2) is 25.7 Å². The summed E-state index contributed by atoms with van der Waals surface area (Å²) in [6.45, 7) is 3.59. The average Bonchev–Trinajstić information content (AvgIpc) is 3.08. The molecule has 0 aliphatic heterocycles. The van der Waals surface area contributed by atoms with Crippen LogP contribution in [0.3, 0.4) is 0 Å². The minimum atomic E-state index is -0.614. The second kappa shape index (κ2) is 6.91. The molecule has 0 spiro atoms. The van der Waals surface area contributed by atoms with Gasteiger partial charge in [-0.05, 0) is 43.2 Å². The molecule has 126 valence electrons. The van der Waals surface area contributed by atoms with Gasteiger partial charge in [0.1, 0.15) is 17.8 Å². The highest BCUT2D eigenvalue weighted by Crippen LogP contribution is 2.28. The van der Waals surface area contributed by atoms with Crippen molar-refractivity contribution in [2.45, 2.75) is 13.8 Å². The molecule has 3 rings (SSSR count). The van der Waals surface area contributed by atoms with Crippen LogP contribution in [0.4, 0.5) is 16.2 Å². The molecule has 3 aromatic rings. The number of nitrogens with zero attached hydrogens (tertiary/aromatic N) is 5. The van der Waals surface area contributed by atoms with E-state index in [1.54, 1.807) is 32.0 Å². The number of aryl methyl sites for hydroxylation is 2. The molecule has 0 fully saturated rings. The predicted octanol–water partition coefficient (Wildman–Crippen LogP) is 4.06. The zero-order chi connectivity index (χ0) is 17.8. The Hall–Kier alpha value is -3.55. The van der Waals surface area contributed by atoms with Gasteiger partial charge in [0, 0.05) is 24.7 Å². The maximum atomic E-state index is 12.0. The van der Waals surface area contributed by atoms with Crippen LogP contribution in [0.5, 0.6) is 11.6 Å². The van der Waals surface area contributed by atoms with Gasteiger partial charge in [0.25, 0.3) is 0 Å². The van der Waals surface area contributed by atoms with Crippen LogP contribution in [0.2, 0.25) is 0 Å². The summed E-state index contributed by atoms with van der Waals surface area (Å²) in [5, 5.41) is 18.0. The summed E-state index contributed by atoms with van der Waals surface area (Å²) >= 11 is 0. The lowest BCUT2D eigenvalue weighted by molar-refractivity contribution is 0.200. The van der Waals surface area contributed by atoms with Crippen LogP contribution in [0.15, 0.2) is 59.4 Å². The fraction of sp³-hybridized carbons (Fsp3) is 0.118. The molecule has 0 saturated heterocycles. The van der Waals surface area contributed by atoms with E-state index >= 15 is 0 Å². The molecule has 0 aliphatic rings. The summed E-state index contributed by atoms with van der Waals surface area (Å²) in [6.07, 6.45) is 5.17. The Morgan fingerprint density at radius 2 is 1.88 bits per heavy atom. The Balaban J connectivity index is 1.72. The first-order valence-corrected chi connectivity index (χ1v) is 7.41. The van der Waals surface area contributed by atoms with Crippen LogP contribution in [0.25, 0.3) is 0 Å². The van der Waals surface area contributed by atoms with Gasteiger partial charge in [-0.3, -0.25) is 4.57 Å². The molecular weight excluding hydrogens is 322 g/mol. The zero-order valence-electron chi connectivity index (χ0n) is 13.6. The SMILES string of the molecule is Cc1cc(N=Nc2ccn(C(=O)Oc3ccncn3)c2)cc(C)c1O. The molecule has 0 unspecified atom stereocenters. The number of benzene rings is 1. The van der Waals surface area contributed by atoms with Gasteiger partial charge in [-0.1, -0.05) is 0 Å². The first-order valence-electron chi connectivity index (χ1n) is 7.41. The number of phenolic OH excluding ortho intramolecular Hbond substituents is 1. The van der Waals surface area contributed by atoms with E-state index in [4.69, 9.17) is 4.74 Å². The Morgan fingerprint density at radius 3 is 2.56 bits per heavy atom. The van der Waals surface area contributed by atoms with Crippen molar-refractivity contribution in [3.8, 4) is 11.6 Å². The maximum Gasteiger partial charge on any atom is 0.424 e. The first kappa shape index (κ1) is 16.3. The van der Waals surface area contributed by atoms with E-state index in [1.165, 1.54) is 35.6 Å². The van der Waals surface area contributed by atoms with E-state index in [-0.39, 0.29) is 11.6 Å². The fourth-order valence-corrected chi connectivity index (χ4v) is 2.15. The number of hydrogen-bond donors (Lipinski definition) is 1. The van der Waals surface area contributed by atoms with Crippen molar-refractivity contribution >= 4 is 17.5 Å². The van der Waals surface area contributed by atoms with Crippen LogP contribution in [0.1, 0.15) is 11.1 Å². The summed E-state index contributed by atoms with van der Waals surface area (Å²) in [5.41, 5.74) is 2.55. The van der Waals surface area contributed by atoms with Crippen LogP contribution < -0.4 is 4.74 Å². The minimum absolute atomic E-state index is 0.159. The van der Waals surface area contributed by atoms with Gasteiger partial charge >= 0.3 is 6.09 Å². The predicted molar refractivity (Wildman–Crippen MR) is 89.6 cm³/mol. The number of aromatic hydroxyl groups is 1. The lowest BCUT2D eigenvalue weighted by atomic mass is 10.1. The van der Waals surface area contributed by atoms with E-state index in [9.17, 15) is 9.90 Å². The highest BCUT2D eigenvalue weighted by atomic mass is 16.6. The number of carbonyl (C=O) groups is 1.